The van der Waals surface area contributed by atoms with E-state index in [-0.39, 0.29) is 18.1 Å². The largest absolute Gasteiger partial charge is 0.399 e. The van der Waals surface area contributed by atoms with E-state index < -0.39 is 0 Å². The summed E-state index contributed by atoms with van der Waals surface area (Å²) < 4.78 is 0. The monoisotopic (exact) mass is 265 g/mol. The average molecular weight is 265 g/mol. The van der Waals surface area contributed by atoms with Crippen molar-refractivity contribution in [1.82, 2.24) is 9.97 Å². The van der Waals surface area contributed by atoms with Gasteiger partial charge < -0.3 is 15.8 Å². The van der Waals surface area contributed by atoms with Crippen molar-refractivity contribution in [2.75, 3.05) is 18.1 Å². The molecule has 0 amide bonds. The fourth-order valence-corrected chi connectivity index (χ4v) is 2.35. The van der Waals surface area contributed by atoms with Gasteiger partial charge >= 0.3 is 0 Å². The normalized spacial score (nSPS) is 12.8. The van der Waals surface area contributed by atoms with Crippen molar-refractivity contribution < 1.29 is 5.11 Å². The molecule has 5 nitrogen and oxygen atoms in total. The van der Waals surface area contributed by atoms with Gasteiger partial charge in [-0.15, -0.1) is 0 Å². The molecule has 1 heterocycles. The molecule has 0 saturated carbocycles. The third-order valence-electron chi connectivity index (χ3n) is 2.52. The quantitative estimate of drug-likeness (QED) is 0.439. The van der Waals surface area contributed by atoms with Gasteiger partial charge in [0.1, 0.15) is 0 Å². The number of nitrogens with one attached hydrogen (secondary N) is 1. The van der Waals surface area contributed by atoms with Gasteiger partial charge in [0.25, 0.3) is 5.56 Å². The summed E-state index contributed by atoms with van der Waals surface area (Å²) in [6, 6.07) is 5.07. The lowest BCUT2D eigenvalue weighted by atomic mass is 10.2. The highest BCUT2D eigenvalue weighted by Gasteiger charge is 2.07. The fourth-order valence-electron chi connectivity index (χ4n) is 1.48. The van der Waals surface area contributed by atoms with Gasteiger partial charge in [-0.2, -0.15) is 0 Å². The predicted octanol–water partition coefficient (Wildman–Crippen LogP) is 1.23. The fraction of sp³-hybridized carbons (Fsp3) is 0.333. The smallest absolute Gasteiger partial charge is 0.259 e. The van der Waals surface area contributed by atoms with E-state index in [0.717, 1.165) is 0 Å². The number of rotatable bonds is 4. The molecule has 0 aliphatic rings. The Morgan fingerprint density at radius 3 is 3.06 bits per heavy atom. The molecule has 1 atom stereocenters. The summed E-state index contributed by atoms with van der Waals surface area (Å²) in [6.45, 7) is 2.06. The Kier molecular flexibility index (Phi) is 3.88. The van der Waals surface area contributed by atoms with Gasteiger partial charge in [0, 0.05) is 18.0 Å². The Hall–Kier alpha value is -1.53. The molecular formula is C12H15N3O2S. The molecular weight excluding hydrogens is 250 g/mol. The Balaban J connectivity index is 2.32. The zero-order valence-corrected chi connectivity index (χ0v) is 10.8. The number of nitrogens with zero attached hydrogens (tertiary/aromatic N) is 1. The first kappa shape index (κ1) is 12.9. The van der Waals surface area contributed by atoms with E-state index in [1.807, 2.05) is 6.92 Å². The molecule has 1 unspecified atom stereocenters. The first-order valence-corrected chi connectivity index (χ1v) is 6.62. The van der Waals surface area contributed by atoms with Crippen molar-refractivity contribution in [3.63, 3.8) is 0 Å². The van der Waals surface area contributed by atoms with Crippen molar-refractivity contribution in [1.29, 1.82) is 0 Å². The summed E-state index contributed by atoms with van der Waals surface area (Å²) in [7, 11) is 0. The van der Waals surface area contributed by atoms with Gasteiger partial charge in [0.15, 0.2) is 5.16 Å². The molecule has 1 aromatic heterocycles. The van der Waals surface area contributed by atoms with Crippen LogP contribution in [0.5, 0.6) is 0 Å². The van der Waals surface area contributed by atoms with Crippen LogP contribution in [0.1, 0.15) is 6.92 Å². The standard InChI is InChI=1S/C12H15N3O2S/c1-7(5-16)6-18-12-14-10-3-2-8(13)4-9(10)11(17)15-12/h2-4,7,16H,5-6,13H2,1H3,(H,14,15,17). The first-order chi connectivity index (χ1) is 8.60. The maximum absolute atomic E-state index is 11.9. The third-order valence-corrected chi connectivity index (χ3v) is 3.73. The molecule has 2 rings (SSSR count). The van der Waals surface area contributed by atoms with Gasteiger partial charge in [0.05, 0.1) is 10.9 Å². The molecule has 0 fully saturated rings. The highest BCUT2D eigenvalue weighted by atomic mass is 32.2. The van der Waals surface area contributed by atoms with E-state index >= 15 is 0 Å². The van der Waals surface area contributed by atoms with Crippen LogP contribution < -0.4 is 11.3 Å². The molecule has 2 aromatic rings. The maximum atomic E-state index is 11.9. The van der Waals surface area contributed by atoms with Gasteiger partial charge in [0.2, 0.25) is 0 Å². The number of H-pyrrole nitrogens is 1. The number of anilines is 1. The molecule has 4 N–H and O–H groups in total. The Labute approximate surface area is 108 Å². The first-order valence-electron chi connectivity index (χ1n) is 5.63. The minimum Gasteiger partial charge on any atom is -0.399 e. The summed E-state index contributed by atoms with van der Waals surface area (Å²) in [5.74, 6) is 0.877. The van der Waals surface area contributed by atoms with E-state index in [4.69, 9.17) is 10.8 Å². The van der Waals surface area contributed by atoms with Gasteiger partial charge in [-0.1, -0.05) is 18.7 Å². The van der Waals surface area contributed by atoms with Gasteiger partial charge in [-0.3, -0.25) is 4.79 Å². The number of hydrogen-bond donors (Lipinski definition) is 3. The molecule has 0 aliphatic heterocycles. The Bertz CT molecular complexity index is 612. The molecule has 96 valence electrons. The number of thioether (sulfide) groups is 1. The van der Waals surface area contributed by atoms with Crippen molar-refractivity contribution in [2.24, 2.45) is 5.92 Å². The lowest BCUT2D eigenvalue weighted by Crippen LogP contribution is -2.11. The highest BCUT2D eigenvalue weighted by Crippen LogP contribution is 2.18. The topological polar surface area (TPSA) is 92.0 Å². The van der Waals surface area contributed by atoms with Crippen molar-refractivity contribution in [3.8, 4) is 0 Å². The number of fused-ring (bicyclic) bond motifs is 1. The van der Waals surface area contributed by atoms with E-state index in [2.05, 4.69) is 9.97 Å². The lowest BCUT2D eigenvalue weighted by Gasteiger charge is -2.07. The summed E-state index contributed by atoms with van der Waals surface area (Å²) in [4.78, 5) is 18.9. The number of nitrogen functional groups attached to an aromatic ring is 1. The molecule has 0 bridgehead atoms. The maximum Gasteiger partial charge on any atom is 0.259 e. The summed E-state index contributed by atoms with van der Waals surface area (Å²) >= 11 is 1.43. The number of nitrogens with two attached hydrogens (primary N) is 1. The zero-order valence-electron chi connectivity index (χ0n) is 10.0. The summed E-state index contributed by atoms with van der Waals surface area (Å²) in [6.07, 6.45) is 0. The lowest BCUT2D eigenvalue weighted by molar-refractivity contribution is 0.250. The zero-order chi connectivity index (χ0) is 13.1. The van der Waals surface area contributed by atoms with Crippen LogP contribution in [-0.2, 0) is 0 Å². The minimum absolute atomic E-state index is 0.126. The van der Waals surface area contributed by atoms with Crippen molar-refractivity contribution in [2.45, 2.75) is 12.1 Å². The van der Waals surface area contributed by atoms with Crippen LogP contribution in [0.3, 0.4) is 0 Å². The number of benzene rings is 1. The molecule has 0 radical (unpaired) electrons. The second-order valence-corrected chi connectivity index (χ2v) is 5.26. The second-order valence-electron chi connectivity index (χ2n) is 4.25. The van der Waals surface area contributed by atoms with Crippen molar-refractivity contribution in [3.05, 3.63) is 28.6 Å². The van der Waals surface area contributed by atoms with Crippen LogP contribution in [0.2, 0.25) is 0 Å². The van der Waals surface area contributed by atoms with Crippen LogP contribution in [0.25, 0.3) is 10.9 Å². The van der Waals surface area contributed by atoms with Crippen molar-refractivity contribution >= 4 is 28.4 Å². The number of aromatic nitrogens is 2. The SMILES string of the molecule is CC(CO)CSc1nc2ccc(N)cc2c(=O)[nH]1. The van der Waals surface area contributed by atoms with Crippen LogP contribution >= 0.6 is 11.8 Å². The van der Waals surface area contributed by atoms with Gasteiger partial charge in [-0.05, 0) is 24.1 Å². The van der Waals surface area contributed by atoms with Crippen LogP contribution in [0, 0.1) is 5.92 Å². The molecule has 18 heavy (non-hydrogen) atoms. The van der Waals surface area contributed by atoms with Crippen LogP contribution in [0.15, 0.2) is 28.2 Å². The number of aromatic amines is 1. The molecule has 6 heteroatoms. The molecule has 0 spiro atoms. The highest BCUT2D eigenvalue weighted by molar-refractivity contribution is 7.99. The molecule has 0 saturated heterocycles. The second kappa shape index (κ2) is 5.41. The number of aliphatic hydroxyl groups excluding tert-OH is 1. The summed E-state index contributed by atoms with van der Waals surface area (Å²) in [5.41, 5.74) is 6.62. The molecule has 0 aliphatic carbocycles. The van der Waals surface area contributed by atoms with Gasteiger partial charge in [-0.25, -0.2) is 4.98 Å². The minimum atomic E-state index is -0.188. The third kappa shape index (κ3) is 2.83. The van der Waals surface area contributed by atoms with Crippen LogP contribution in [0.4, 0.5) is 5.69 Å². The van der Waals surface area contributed by atoms with E-state index in [1.165, 1.54) is 11.8 Å². The predicted molar refractivity (Wildman–Crippen MR) is 73.7 cm³/mol. The van der Waals surface area contributed by atoms with Crippen LogP contribution in [-0.4, -0.2) is 27.4 Å². The average Bonchev–Trinajstić information content (AvgIpc) is 2.37. The molecule has 1 aromatic carbocycles. The number of hydrogen-bond acceptors (Lipinski definition) is 5. The Morgan fingerprint density at radius 2 is 2.33 bits per heavy atom. The van der Waals surface area contributed by atoms with E-state index in [1.54, 1.807) is 18.2 Å². The Morgan fingerprint density at radius 1 is 1.56 bits per heavy atom. The van der Waals surface area contributed by atoms with E-state index in [9.17, 15) is 4.79 Å². The van der Waals surface area contributed by atoms with E-state index in [0.29, 0.717) is 27.5 Å². The number of aliphatic hydroxyl groups is 1. The summed E-state index contributed by atoms with van der Waals surface area (Å²) in [5, 5.41) is 10.0.